The smallest absolute Gasteiger partial charge is 0.272 e. The Labute approximate surface area is 131 Å². The van der Waals surface area contributed by atoms with Crippen LogP contribution in [0.3, 0.4) is 0 Å². The van der Waals surface area contributed by atoms with Crippen molar-refractivity contribution in [3.63, 3.8) is 0 Å². The summed E-state index contributed by atoms with van der Waals surface area (Å²) in [5.74, 6) is -1.23. The molecule has 6 nitrogen and oxygen atoms in total. The van der Waals surface area contributed by atoms with Crippen LogP contribution in [0.15, 0.2) is 46.4 Å². The number of hydrogen-bond acceptors (Lipinski definition) is 5. The number of benzene rings is 1. The average molecular weight is 315 g/mol. The van der Waals surface area contributed by atoms with Gasteiger partial charge in [-0.2, -0.15) is 10.1 Å². The van der Waals surface area contributed by atoms with Gasteiger partial charge in [0, 0.05) is 7.05 Å². The van der Waals surface area contributed by atoms with Crippen LogP contribution in [0, 0.1) is 5.92 Å². The first-order chi connectivity index (χ1) is 10.5. The predicted molar refractivity (Wildman–Crippen MR) is 84.4 cm³/mol. The largest absolute Gasteiger partial charge is 0.293 e. The fraction of sp³-hybridized carbons (Fsp3) is 0.200. The van der Waals surface area contributed by atoms with Crippen molar-refractivity contribution < 1.29 is 14.4 Å². The summed E-state index contributed by atoms with van der Waals surface area (Å²) in [5.41, 5.74) is 1.27. The van der Waals surface area contributed by atoms with Gasteiger partial charge in [-0.15, -0.1) is 0 Å². The van der Waals surface area contributed by atoms with E-state index in [4.69, 9.17) is 0 Å². The van der Waals surface area contributed by atoms with Gasteiger partial charge in [-0.3, -0.25) is 19.3 Å². The highest BCUT2D eigenvalue weighted by Crippen LogP contribution is 2.32. The van der Waals surface area contributed by atoms with Crippen molar-refractivity contribution in [3.8, 4) is 0 Å². The maximum Gasteiger partial charge on any atom is 0.293 e. The van der Waals surface area contributed by atoms with Crippen LogP contribution in [0.25, 0.3) is 0 Å². The van der Waals surface area contributed by atoms with Crippen molar-refractivity contribution in [2.45, 2.75) is 6.92 Å². The van der Waals surface area contributed by atoms with Gasteiger partial charge in [0.15, 0.2) is 0 Å². The standard InChI is InChI=1S/C15H13N3O3S/c1-9-11(8-12-14(20)17(2)15(21)22-12)13(19)18(16-9)10-6-4-3-5-7-10/h3-8,11H,1-2H3/b12-8-/t11-/m1/s1. The number of thioether (sulfide) groups is 1. The highest BCUT2D eigenvalue weighted by atomic mass is 32.2. The molecular formula is C15H13N3O3S. The quantitative estimate of drug-likeness (QED) is 0.785. The minimum atomic E-state index is -0.619. The number of carbonyl (C=O) groups excluding carboxylic acids is 3. The lowest BCUT2D eigenvalue weighted by Crippen LogP contribution is -2.27. The molecule has 2 aliphatic rings. The maximum atomic E-state index is 12.5. The van der Waals surface area contributed by atoms with E-state index in [1.165, 1.54) is 18.1 Å². The Kier molecular flexibility index (Phi) is 3.58. The molecule has 0 saturated carbocycles. The second-order valence-corrected chi connectivity index (χ2v) is 5.96. The first-order valence-electron chi connectivity index (χ1n) is 6.65. The predicted octanol–water partition coefficient (Wildman–Crippen LogP) is 2.23. The van der Waals surface area contributed by atoms with Crippen molar-refractivity contribution in [1.29, 1.82) is 0 Å². The highest BCUT2D eigenvalue weighted by molar-refractivity contribution is 8.18. The number of imide groups is 1. The van der Waals surface area contributed by atoms with E-state index in [1.807, 2.05) is 18.2 Å². The zero-order valence-electron chi connectivity index (χ0n) is 12.0. The van der Waals surface area contributed by atoms with Crippen molar-refractivity contribution >= 4 is 40.2 Å². The molecular weight excluding hydrogens is 302 g/mol. The van der Waals surface area contributed by atoms with Crippen LogP contribution in [0.5, 0.6) is 0 Å². The molecule has 1 saturated heterocycles. The molecule has 1 aromatic carbocycles. The van der Waals surface area contributed by atoms with Crippen molar-refractivity contribution in [2.75, 3.05) is 12.1 Å². The number of carbonyl (C=O) groups is 3. The molecule has 0 aromatic heterocycles. The molecule has 0 unspecified atom stereocenters. The van der Waals surface area contributed by atoms with Gasteiger partial charge in [-0.1, -0.05) is 18.2 Å². The van der Waals surface area contributed by atoms with Gasteiger partial charge in [0.1, 0.15) is 0 Å². The van der Waals surface area contributed by atoms with E-state index in [0.29, 0.717) is 11.4 Å². The Morgan fingerprint density at radius 1 is 1.18 bits per heavy atom. The zero-order chi connectivity index (χ0) is 15.9. The summed E-state index contributed by atoms with van der Waals surface area (Å²) in [4.78, 5) is 37.3. The topological polar surface area (TPSA) is 70.1 Å². The lowest BCUT2D eigenvalue weighted by molar-refractivity contribution is -0.121. The van der Waals surface area contributed by atoms with Crippen molar-refractivity contribution in [3.05, 3.63) is 41.3 Å². The van der Waals surface area contributed by atoms with Crippen LogP contribution in [-0.2, 0) is 9.59 Å². The zero-order valence-corrected chi connectivity index (χ0v) is 12.8. The molecule has 3 rings (SSSR count). The first-order valence-corrected chi connectivity index (χ1v) is 7.46. The molecule has 3 amide bonds. The second kappa shape index (κ2) is 5.42. The SMILES string of the molecule is CC1=NN(c2ccccc2)C(=O)[C@@H]1/C=C1\SC(=O)N(C)C1=O. The first kappa shape index (κ1) is 14.5. The fourth-order valence-corrected chi connectivity index (χ4v) is 3.07. The second-order valence-electron chi connectivity index (χ2n) is 4.97. The molecule has 0 bridgehead atoms. The van der Waals surface area contributed by atoms with Crippen LogP contribution in [0.4, 0.5) is 10.5 Å². The normalized spacial score (nSPS) is 23.7. The molecule has 1 aromatic rings. The maximum absolute atomic E-state index is 12.5. The molecule has 112 valence electrons. The Morgan fingerprint density at radius 2 is 1.86 bits per heavy atom. The van der Waals surface area contributed by atoms with Gasteiger partial charge in [-0.05, 0) is 36.9 Å². The van der Waals surface area contributed by atoms with E-state index in [1.54, 1.807) is 19.1 Å². The van der Waals surface area contributed by atoms with Gasteiger partial charge in [0.25, 0.3) is 17.1 Å². The lowest BCUT2D eigenvalue weighted by Gasteiger charge is -2.12. The van der Waals surface area contributed by atoms with E-state index >= 15 is 0 Å². The van der Waals surface area contributed by atoms with Gasteiger partial charge in [0.2, 0.25) is 0 Å². The third-order valence-electron chi connectivity index (χ3n) is 3.49. The third-order valence-corrected chi connectivity index (χ3v) is 4.47. The van der Waals surface area contributed by atoms with E-state index in [9.17, 15) is 14.4 Å². The van der Waals surface area contributed by atoms with Crippen molar-refractivity contribution in [1.82, 2.24) is 4.90 Å². The Bertz CT molecular complexity index is 727. The highest BCUT2D eigenvalue weighted by Gasteiger charge is 2.37. The van der Waals surface area contributed by atoms with Gasteiger partial charge in [0.05, 0.1) is 22.2 Å². The number of hydrogen-bond donors (Lipinski definition) is 0. The molecule has 7 heteroatoms. The van der Waals surface area contributed by atoms with Crippen LogP contribution < -0.4 is 5.01 Å². The number of nitrogens with zero attached hydrogens (tertiary/aromatic N) is 3. The molecule has 0 N–H and O–H groups in total. The molecule has 2 aliphatic heterocycles. The molecule has 2 heterocycles. The van der Waals surface area contributed by atoms with E-state index in [2.05, 4.69) is 5.10 Å². The monoisotopic (exact) mass is 315 g/mol. The molecule has 0 spiro atoms. The summed E-state index contributed by atoms with van der Waals surface area (Å²) in [5, 5.41) is 5.25. The summed E-state index contributed by atoms with van der Waals surface area (Å²) in [7, 11) is 1.42. The molecule has 0 aliphatic carbocycles. The minimum absolute atomic E-state index is 0.230. The number of para-hydroxylation sites is 1. The summed E-state index contributed by atoms with van der Waals surface area (Å²) < 4.78 is 0. The van der Waals surface area contributed by atoms with Crippen molar-refractivity contribution in [2.24, 2.45) is 11.0 Å². The molecule has 1 fully saturated rings. The van der Waals surface area contributed by atoms with Crippen LogP contribution >= 0.6 is 11.8 Å². The van der Waals surface area contributed by atoms with Gasteiger partial charge >= 0.3 is 0 Å². The van der Waals surface area contributed by atoms with E-state index < -0.39 is 5.92 Å². The summed E-state index contributed by atoms with van der Waals surface area (Å²) in [6, 6.07) is 9.08. The Morgan fingerprint density at radius 3 is 2.45 bits per heavy atom. The van der Waals surface area contributed by atoms with E-state index in [0.717, 1.165) is 16.7 Å². The summed E-state index contributed by atoms with van der Waals surface area (Å²) in [6.07, 6.45) is 1.53. The summed E-state index contributed by atoms with van der Waals surface area (Å²) >= 11 is 0.843. The summed E-state index contributed by atoms with van der Waals surface area (Å²) in [6.45, 7) is 1.73. The molecule has 0 radical (unpaired) electrons. The average Bonchev–Trinajstić information content (AvgIpc) is 2.93. The van der Waals surface area contributed by atoms with Gasteiger partial charge in [-0.25, -0.2) is 0 Å². The Balaban J connectivity index is 1.88. The van der Waals surface area contributed by atoms with Crippen LogP contribution in [0.1, 0.15) is 6.92 Å². The van der Waals surface area contributed by atoms with Crippen LogP contribution in [-0.4, -0.2) is 34.7 Å². The fourth-order valence-electron chi connectivity index (χ4n) is 2.24. The van der Waals surface area contributed by atoms with E-state index in [-0.39, 0.29) is 22.0 Å². The van der Waals surface area contributed by atoms with Gasteiger partial charge < -0.3 is 0 Å². The molecule has 1 atom stereocenters. The number of likely N-dealkylation sites (N-methyl/N-ethyl adjacent to an activating group) is 1. The minimum Gasteiger partial charge on any atom is -0.272 e. The van der Waals surface area contributed by atoms with Crippen LogP contribution in [0.2, 0.25) is 0 Å². The molecule has 22 heavy (non-hydrogen) atoms. The third kappa shape index (κ3) is 2.33. The number of rotatable bonds is 2. The number of amides is 3. The lowest BCUT2D eigenvalue weighted by atomic mass is 10.0. The number of anilines is 1. The Hall–Kier alpha value is -2.41. The number of hydrazone groups is 1.